The molecule has 4 heterocycles. The Bertz CT molecular complexity index is 1530. The van der Waals surface area contributed by atoms with Gasteiger partial charge in [-0.2, -0.15) is 31.3 Å². The fourth-order valence-electron chi connectivity index (χ4n) is 5.61. The first-order chi connectivity index (χ1) is 21.2. The number of halogens is 7. The number of carbonyl (C=O) groups is 2. The standard InChI is InChI=1S/C30H30F7N5O3/c1-18-4-3-9-42(17-18)28-39-27(30(35,36)37)26(45-28)23(43)14-19-7-8-24(38-16-19)40-10-12-41(13-11-40)25(44)15-20-21(29(32,33)34)5-2-6-22(20)31/h2,5-8,16,18H,3-4,9-15,17H2,1H3. The topological polar surface area (TPSA) is 82.8 Å². The average Bonchev–Trinajstić information content (AvgIpc) is 3.45. The maximum absolute atomic E-state index is 14.2. The molecule has 8 nitrogen and oxygen atoms in total. The molecule has 2 aliphatic rings. The Kier molecular flexibility index (Phi) is 9.08. The minimum Gasteiger partial charge on any atom is -0.420 e. The number of aromatic nitrogens is 2. The van der Waals surface area contributed by atoms with Crippen LogP contribution >= 0.6 is 0 Å². The molecule has 0 N–H and O–H groups in total. The summed E-state index contributed by atoms with van der Waals surface area (Å²) in [6, 6.07) is 5.47. The van der Waals surface area contributed by atoms with E-state index in [1.54, 1.807) is 17.0 Å². The van der Waals surface area contributed by atoms with Gasteiger partial charge in [0.1, 0.15) is 11.6 Å². The molecule has 2 aliphatic heterocycles. The van der Waals surface area contributed by atoms with Crippen LogP contribution in [-0.2, 0) is 30.0 Å². The summed E-state index contributed by atoms with van der Waals surface area (Å²) in [6.07, 6.45) is -7.75. The summed E-state index contributed by atoms with van der Waals surface area (Å²) in [7, 11) is 0. The number of piperazine rings is 1. The molecule has 45 heavy (non-hydrogen) atoms. The van der Waals surface area contributed by atoms with Gasteiger partial charge in [0.05, 0.1) is 12.0 Å². The van der Waals surface area contributed by atoms with Crippen molar-refractivity contribution in [2.45, 2.75) is 45.0 Å². The Morgan fingerprint density at radius 2 is 1.67 bits per heavy atom. The van der Waals surface area contributed by atoms with Crippen LogP contribution in [0.4, 0.5) is 42.6 Å². The molecule has 0 aliphatic carbocycles. The predicted octanol–water partition coefficient (Wildman–Crippen LogP) is 5.80. The van der Waals surface area contributed by atoms with Crippen molar-refractivity contribution < 1.29 is 44.7 Å². The minimum absolute atomic E-state index is 0.153. The number of carbonyl (C=O) groups excluding carboxylic acids is 2. The van der Waals surface area contributed by atoms with Gasteiger partial charge in [0.25, 0.3) is 6.01 Å². The minimum atomic E-state index is -4.88. The number of rotatable bonds is 7. The summed E-state index contributed by atoms with van der Waals surface area (Å²) in [4.78, 5) is 38.4. The first-order valence-electron chi connectivity index (χ1n) is 14.4. The zero-order valence-corrected chi connectivity index (χ0v) is 24.2. The zero-order chi connectivity index (χ0) is 32.5. The van der Waals surface area contributed by atoms with Gasteiger partial charge in [-0.1, -0.05) is 19.1 Å². The van der Waals surface area contributed by atoms with E-state index >= 15 is 0 Å². The molecule has 242 valence electrons. The fraction of sp³-hybridized carbons (Fsp3) is 0.467. The lowest BCUT2D eigenvalue weighted by atomic mass is 10.0. The van der Waals surface area contributed by atoms with Gasteiger partial charge >= 0.3 is 12.4 Å². The average molecular weight is 642 g/mol. The molecule has 2 fully saturated rings. The van der Waals surface area contributed by atoms with Crippen molar-refractivity contribution in [2.75, 3.05) is 49.1 Å². The van der Waals surface area contributed by atoms with Gasteiger partial charge in [-0.25, -0.2) is 9.37 Å². The number of hydrogen-bond acceptors (Lipinski definition) is 7. The number of ketones is 1. The van der Waals surface area contributed by atoms with E-state index in [0.717, 1.165) is 31.0 Å². The summed E-state index contributed by atoms with van der Waals surface area (Å²) in [6.45, 7) is 3.81. The van der Waals surface area contributed by atoms with Gasteiger partial charge in [0.15, 0.2) is 5.69 Å². The summed E-state index contributed by atoms with van der Waals surface area (Å²) in [5.74, 6) is -2.76. The van der Waals surface area contributed by atoms with Crippen LogP contribution in [0.2, 0.25) is 0 Å². The van der Waals surface area contributed by atoms with Gasteiger partial charge in [-0.3, -0.25) is 9.59 Å². The summed E-state index contributed by atoms with van der Waals surface area (Å²) in [5.41, 5.74) is -2.90. The highest BCUT2D eigenvalue weighted by Crippen LogP contribution is 2.36. The number of hydrogen-bond donors (Lipinski definition) is 0. The maximum atomic E-state index is 14.2. The fourth-order valence-corrected chi connectivity index (χ4v) is 5.61. The Morgan fingerprint density at radius 1 is 0.933 bits per heavy atom. The second kappa shape index (κ2) is 12.7. The number of benzene rings is 1. The van der Waals surface area contributed by atoms with E-state index in [1.807, 2.05) is 11.8 Å². The molecular formula is C30H30F7N5O3. The highest BCUT2D eigenvalue weighted by molar-refractivity contribution is 5.96. The first kappa shape index (κ1) is 32.2. The third kappa shape index (κ3) is 7.39. The number of amides is 1. The Morgan fingerprint density at radius 3 is 2.29 bits per heavy atom. The third-order valence-corrected chi connectivity index (χ3v) is 7.95. The normalized spacial score (nSPS) is 18.0. The molecule has 15 heteroatoms. The van der Waals surface area contributed by atoms with Gasteiger partial charge in [-0.15, -0.1) is 0 Å². The molecule has 0 spiro atoms. The van der Waals surface area contributed by atoms with Gasteiger partial charge < -0.3 is 19.1 Å². The Balaban J connectivity index is 1.20. The van der Waals surface area contributed by atoms with E-state index < -0.39 is 65.3 Å². The van der Waals surface area contributed by atoms with Crippen molar-refractivity contribution >= 4 is 23.5 Å². The molecule has 5 rings (SSSR count). The van der Waals surface area contributed by atoms with E-state index in [0.29, 0.717) is 24.5 Å². The number of pyridine rings is 1. The lowest BCUT2D eigenvalue weighted by molar-refractivity contribution is -0.141. The van der Waals surface area contributed by atoms with Crippen LogP contribution in [0.25, 0.3) is 0 Å². The molecule has 1 amide bonds. The largest absolute Gasteiger partial charge is 0.437 e. The lowest BCUT2D eigenvalue weighted by Crippen LogP contribution is -2.49. The van der Waals surface area contributed by atoms with Crippen LogP contribution in [0, 0.1) is 11.7 Å². The molecule has 0 radical (unpaired) electrons. The maximum Gasteiger partial charge on any atom is 0.437 e. The zero-order valence-electron chi connectivity index (χ0n) is 24.2. The van der Waals surface area contributed by atoms with Gasteiger partial charge in [0, 0.05) is 57.4 Å². The Labute approximate surface area is 253 Å². The number of anilines is 2. The van der Waals surface area contributed by atoms with E-state index in [1.165, 1.54) is 11.1 Å². The highest BCUT2D eigenvalue weighted by Gasteiger charge is 2.42. The van der Waals surface area contributed by atoms with Crippen molar-refractivity contribution in [2.24, 2.45) is 5.92 Å². The van der Waals surface area contributed by atoms with E-state index in [2.05, 4.69) is 9.97 Å². The molecule has 0 saturated carbocycles. The summed E-state index contributed by atoms with van der Waals surface area (Å²) < 4.78 is 101. The summed E-state index contributed by atoms with van der Waals surface area (Å²) in [5, 5.41) is 0. The van der Waals surface area contributed by atoms with Gasteiger partial charge in [-0.05, 0) is 42.5 Å². The molecular weight excluding hydrogens is 611 g/mol. The molecule has 2 saturated heterocycles. The number of nitrogens with zero attached hydrogens (tertiary/aromatic N) is 5. The molecule has 2 aromatic heterocycles. The SMILES string of the molecule is CC1CCCN(c2nc(C(F)(F)F)c(C(=O)Cc3ccc(N4CCN(C(=O)Cc5c(F)cccc5C(F)(F)F)CC4)nc3)o2)C1. The smallest absolute Gasteiger partial charge is 0.420 e. The lowest BCUT2D eigenvalue weighted by Gasteiger charge is -2.35. The monoisotopic (exact) mass is 641 g/mol. The number of Topliss-reactive ketones (excluding diaryl/α,β-unsaturated/α-hetero) is 1. The van der Waals surface area contributed by atoms with Crippen LogP contribution in [0.5, 0.6) is 0 Å². The quantitative estimate of drug-likeness (QED) is 0.238. The molecule has 1 unspecified atom stereocenters. The molecule has 0 bridgehead atoms. The van der Waals surface area contributed by atoms with E-state index in [9.17, 15) is 40.3 Å². The van der Waals surface area contributed by atoms with Crippen LogP contribution in [0.3, 0.4) is 0 Å². The van der Waals surface area contributed by atoms with Crippen LogP contribution in [0.1, 0.15) is 52.7 Å². The molecule has 1 atom stereocenters. The second-order valence-corrected chi connectivity index (χ2v) is 11.3. The predicted molar refractivity (Wildman–Crippen MR) is 148 cm³/mol. The number of alkyl halides is 6. The van der Waals surface area contributed by atoms with Crippen molar-refractivity contribution in [3.05, 3.63) is 70.5 Å². The van der Waals surface area contributed by atoms with Crippen molar-refractivity contribution in [1.29, 1.82) is 0 Å². The highest BCUT2D eigenvalue weighted by atomic mass is 19.4. The summed E-state index contributed by atoms with van der Waals surface area (Å²) >= 11 is 0. The first-order valence-corrected chi connectivity index (χ1v) is 14.4. The van der Waals surface area contributed by atoms with Crippen molar-refractivity contribution in [3.8, 4) is 0 Å². The van der Waals surface area contributed by atoms with E-state index in [4.69, 9.17) is 4.42 Å². The third-order valence-electron chi connectivity index (χ3n) is 7.95. The number of oxazole rings is 1. The van der Waals surface area contributed by atoms with Crippen molar-refractivity contribution in [1.82, 2.24) is 14.9 Å². The van der Waals surface area contributed by atoms with Gasteiger partial charge in [0.2, 0.25) is 17.5 Å². The Hall–Kier alpha value is -4.17. The van der Waals surface area contributed by atoms with Crippen LogP contribution in [0.15, 0.2) is 40.9 Å². The van der Waals surface area contributed by atoms with Crippen LogP contribution < -0.4 is 9.80 Å². The van der Waals surface area contributed by atoms with E-state index in [-0.39, 0.29) is 38.1 Å². The second-order valence-electron chi connectivity index (χ2n) is 11.3. The van der Waals surface area contributed by atoms with Crippen molar-refractivity contribution in [3.63, 3.8) is 0 Å². The molecule has 1 aromatic carbocycles. The molecule has 3 aromatic rings. The van der Waals surface area contributed by atoms with Crippen LogP contribution in [-0.4, -0.2) is 65.8 Å². The number of piperidine rings is 1.